The molecule has 0 bridgehead atoms. The Morgan fingerprint density at radius 1 is 1.39 bits per heavy atom. The minimum Gasteiger partial charge on any atom is -0.353 e. The number of rotatable bonds is 3. The summed E-state index contributed by atoms with van der Waals surface area (Å²) in [6.07, 6.45) is 5.55. The van der Waals surface area contributed by atoms with Gasteiger partial charge in [0.1, 0.15) is 5.15 Å². The van der Waals surface area contributed by atoms with Crippen LogP contribution >= 0.6 is 11.6 Å². The Morgan fingerprint density at radius 2 is 2.11 bits per heavy atom. The summed E-state index contributed by atoms with van der Waals surface area (Å²) in [5, 5.41) is 5.19. The molecule has 2 rings (SSSR count). The Labute approximate surface area is 110 Å². The minimum atomic E-state index is -0.0428. The number of aromatic nitrogens is 1. The number of amides is 1. The van der Waals surface area contributed by atoms with Crippen LogP contribution in [-0.4, -0.2) is 17.4 Å². The molecule has 0 saturated carbocycles. The zero-order chi connectivity index (χ0) is 13.0. The molecule has 0 aliphatic heterocycles. The Balaban J connectivity index is 2.29. The summed E-state index contributed by atoms with van der Waals surface area (Å²) in [5.74, 6) is -0.0428. The van der Waals surface area contributed by atoms with Crippen LogP contribution in [0.4, 0.5) is 0 Å². The standard InChI is InChI=1S/C14H13ClN2O/c1-10(18)16-8-4-5-11-9-17-14(15)13-7-3-2-6-12(11)13/h2-7,9H,8H2,1H3,(H,16,18). The van der Waals surface area contributed by atoms with Crippen LogP contribution in [0.25, 0.3) is 16.8 Å². The molecule has 18 heavy (non-hydrogen) atoms. The molecule has 0 saturated heterocycles. The van der Waals surface area contributed by atoms with E-state index in [1.807, 2.05) is 36.4 Å². The number of benzene rings is 1. The second-order valence-corrected chi connectivity index (χ2v) is 4.25. The SMILES string of the molecule is CC(=O)NCC=Cc1cnc(Cl)c2ccccc12. The van der Waals surface area contributed by atoms with Gasteiger partial charge in [-0.15, -0.1) is 0 Å². The van der Waals surface area contributed by atoms with Gasteiger partial charge in [0.05, 0.1) is 0 Å². The number of fused-ring (bicyclic) bond motifs is 1. The van der Waals surface area contributed by atoms with E-state index in [0.29, 0.717) is 11.7 Å². The van der Waals surface area contributed by atoms with E-state index in [0.717, 1.165) is 16.3 Å². The van der Waals surface area contributed by atoms with Crippen molar-refractivity contribution in [1.29, 1.82) is 0 Å². The van der Waals surface area contributed by atoms with Gasteiger partial charge >= 0.3 is 0 Å². The maximum Gasteiger partial charge on any atom is 0.217 e. The molecule has 0 aliphatic carbocycles. The highest BCUT2D eigenvalue weighted by Gasteiger charge is 2.02. The summed E-state index contributed by atoms with van der Waals surface area (Å²) in [7, 11) is 0. The third-order valence-electron chi connectivity index (χ3n) is 2.54. The Hall–Kier alpha value is -1.87. The molecule has 0 unspecified atom stereocenters. The van der Waals surface area contributed by atoms with Crippen molar-refractivity contribution in [3.63, 3.8) is 0 Å². The van der Waals surface area contributed by atoms with E-state index in [9.17, 15) is 4.79 Å². The summed E-state index contributed by atoms with van der Waals surface area (Å²) in [6, 6.07) is 7.83. The van der Waals surface area contributed by atoms with Gasteiger partial charge in [0.2, 0.25) is 5.91 Å². The average Bonchev–Trinajstić information content (AvgIpc) is 2.37. The van der Waals surface area contributed by atoms with Gasteiger partial charge < -0.3 is 5.32 Å². The molecule has 2 aromatic rings. The molecule has 0 aliphatic rings. The normalized spacial score (nSPS) is 11.0. The summed E-state index contributed by atoms with van der Waals surface area (Å²) >= 11 is 6.04. The van der Waals surface area contributed by atoms with Crippen LogP contribution in [0.3, 0.4) is 0 Å². The van der Waals surface area contributed by atoms with Crippen molar-refractivity contribution in [2.24, 2.45) is 0 Å². The van der Waals surface area contributed by atoms with E-state index in [1.165, 1.54) is 6.92 Å². The number of nitrogens with one attached hydrogen (secondary N) is 1. The number of carbonyl (C=O) groups is 1. The number of halogens is 1. The topological polar surface area (TPSA) is 42.0 Å². The highest BCUT2D eigenvalue weighted by atomic mass is 35.5. The molecular formula is C14H13ClN2O. The van der Waals surface area contributed by atoms with Crippen molar-refractivity contribution in [2.75, 3.05) is 6.54 Å². The Kier molecular flexibility index (Phi) is 3.95. The van der Waals surface area contributed by atoms with Crippen LogP contribution in [-0.2, 0) is 4.79 Å². The predicted octanol–water partition coefficient (Wildman–Crippen LogP) is 3.04. The zero-order valence-electron chi connectivity index (χ0n) is 9.98. The van der Waals surface area contributed by atoms with Crippen LogP contribution in [0.1, 0.15) is 12.5 Å². The van der Waals surface area contributed by atoms with E-state index >= 15 is 0 Å². The first-order valence-corrected chi connectivity index (χ1v) is 6.00. The van der Waals surface area contributed by atoms with Gasteiger partial charge in [0, 0.05) is 30.6 Å². The molecule has 0 spiro atoms. The third-order valence-corrected chi connectivity index (χ3v) is 2.84. The van der Waals surface area contributed by atoms with Gasteiger partial charge in [-0.2, -0.15) is 0 Å². The molecule has 4 heteroatoms. The molecule has 0 fully saturated rings. The first kappa shape index (κ1) is 12.6. The van der Waals surface area contributed by atoms with E-state index in [-0.39, 0.29) is 5.91 Å². The molecule has 1 heterocycles. The molecule has 0 atom stereocenters. The van der Waals surface area contributed by atoms with Gasteiger partial charge in [-0.25, -0.2) is 4.98 Å². The van der Waals surface area contributed by atoms with Crippen LogP contribution in [0.2, 0.25) is 5.15 Å². The molecule has 3 nitrogen and oxygen atoms in total. The number of hydrogen-bond donors (Lipinski definition) is 1. The molecule has 1 aromatic heterocycles. The molecule has 1 amide bonds. The van der Waals surface area contributed by atoms with Gasteiger partial charge in [-0.1, -0.05) is 48.0 Å². The lowest BCUT2D eigenvalue weighted by Crippen LogP contribution is -2.19. The zero-order valence-corrected chi connectivity index (χ0v) is 10.7. The fourth-order valence-corrected chi connectivity index (χ4v) is 1.91. The van der Waals surface area contributed by atoms with Crippen LogP contribution < -0.4 is 5.32 Å². The van der Waals surface area contributed by atoms with Gasteiger partial charge in [-0.3, -0.25) is 4.79 Å². The first-order valence-electron chi connectivity index (χ1n) is 5.62. The maximum absolute atomic E-state index is 10.7. The Morgan fingerprint density at radius 3 is 2.83 bits per heavy atom. The monoisotopic (exact) mass is 260 g/mol. The van der Waals surface area contributed by atoms with Gasteiger partial charge in [0.15, 0.2) is 0 Å². The molecule has 0 radical (unpaired) electrons. The fourth-order valence-electron chi connectivity index (χ4n) is 1.70. The second kappa shape index (κ2) is 5.65. The van der Waals surface area contributed by atoms with Gasteiger partial charge in [0.25, 0.3) is 0 Å². The lowest BCUT2D eigenvalue weighted by molar-refractivity contribution is -0.118. The smallest absolute Gasteiger partial charge is 0.217 e. The van der Waals surface area contributed by atoms with Crippen molar-refractivity contribution in [1.82, 2.24) is 10.3 Å². The van der Waals surface area contributed by atoms with E-state index in [2.05, 4.69) is 10.3 Å². The average molecular weight is 261 g/mol. The quantitative estimate of drug-likeness (QED) is 0.862. The first-order chi connectivity index (χ1) is 8.68. The number of hydrogen-bond acceptors (Lipinski definition) is 2. The van der Waals surface area contributed by atoms with Crippen molar-refractivity contribution in [2.45, 2.75) is 6.92 Å². The number of carbonyl (C=O) groups excluding carboxylic acids is 1. The summed E-state index contributed by atoms with van der Waals surface area (Å²) in [6.45, 7) is 2.00. The minimum absolute atomic E-state index is 0.0428. The van der Waals surface area contributed by atoms with Crippen molar-refractivity contribution >= 4 is 34.4 Å². The van der Waals surface area contributed by atoms with Crippen molar-refractivity contribution < 1.29 is 4.79 Å². The van der Waals surface area contributed by atoms with Crippen LogP contribution in [0.15, 0.2) is 36.5 Å². The summed E-state index contributed by atoms with van der Waals surface area (Å²) in [5.41, 5.74) is 0.986. The highest BCUT2D eigenvalue weighted by molar-refractivity contribution is 6.34. The van der Waals surface area contributed by atoms with E-state index in [4.69, 9.17) is 11.6 Å². The second-order valence-electron chi connectivity index (χ2n) is 3.89. The van der Waals surface area contributed by atoms with Crippen LogP contribution in [0, 0.1) is 0 Å². The molecule has 92 valence electrons. The van der Waals surface area contributed by atoms with E-state index < -0.39 is 0 Å². The lowest BCUT2D eigenvalue weighted by Gasteiger charge is -2.03. The number of pyridine rings is 1. The summed E-state index contributed by atoms with van der Waals surface area (Å²) in [4.78, 5) is 14.9. The predicted molar refractivity (Wildman–Crippen MR) is 74.5 cm³/mol. The fraction of sp³-hybridized carbons (Fsp3) is 0.143. The highest BCUT2D eigenvalue weighted by Crippen LogP contribution is 2.24. The third kappa shape index (κ3) is 2.87. The lowest BCUT2D eigenvalue weighted by atomic mass is 10.1. The molecular weight excluding hydrogens is 248 g/mol. The maximum atomic E-state index is 10.7. The molecule has 1 N–H and O–H groups in total. The van der Waals surface area contributed by atoms with Crippen molar-refractivity contribution in [3.8, 4) is 0 Å². The van der Waals surface area contributed by atoms with Crippen molar-refractivity contribution in [3.05, 3.63) is 47.3 Å². The largest absolute Gasteiger partial charge is 0.353 e. The number of nitrogens with zero attached hydrogens (tertiary/aromatic N) is 1. The van der Waals surface area contributed by atoms with E-state index in [1.54, 1.807) is 6.20 Å². The van der Waals surface area contributed by atoms with Gasteiger partial charge in [-0.05, 0) is 5.39 Å². The Bertz CT molecular complexity index is 608. The molecule has 1 aromatic carbocycles. The van der Waals surface area contributed by atoms with Crippen LogP contribution in [0.5, 0.6) is 0 Å². The summed E-state index contributed by atoms with van der Waals surface area (Å²) < 4.78 is 0.